The van der Waals surface area contributed by atoms with Crippen molar-refractivity contribution in [3.63, 3.8) is 0 Å². The minimum absolute atomic E-state index is 0.298. The molecular weight excluding hydrogens is 392 g/mol. The van der Waals surface area contributed by atoms with E-state index in [1.54, 1.807) is 9.80 Å². The van der Waals surface area contributed by atoms with Crippen molar-refractivity contribution in [3.05, 3.63) is 46.2 Å². The van der Waals surface area contributed by atoms with Gasteiger partial charge in [0.25, 0.3) is 0 Å². The quantitative estimate of drug-likeness (QED) is 0.479. The smallest absolute Gasteiger partial charge is 0.231 e. The summed E-state index contributed by atoms with van der Waals surface area (Å²) in [5.74, 6) is 1.61. The number of piperazine rings is 1. The Morgan fingerprint density at radius 2 is 1.96 bits per heavy atom. The minimum Gasteiger partial charge on any atom is -0.454 e. The Balaban J connectivity index is 1.30. The Morgan fingerprint density at radius 1 is 1.14 bits per heavy atom. The first-order chi connectivity index (χ1) is 13.7. The van der Waals surface area contributed by atoms with E-state index in [1.807, 2.05) is 29.5 Å². The van der Waals surface area contributed by atoms with E-state index in [0.29, 0.717) is 24.5 Å². The minimum atomic E-state index is 0.298. The number of hydrogen-bond acceptors (Lipinski definition) is 4. The number of likely N-dealkylation sites (N-methyl/N-ethyl adjacent to an activating group) is 1. The maximum atomic E-state index is 5.53. The molecule has 0 bridgehead atoms. The van der Waals surface area contributed by atoms with E-state index in [2.05, 4.69) is 35.2 Å². The summed E-state index contributed by atoms with van der Waals surface area (Å²) in [4.78, 5) is 4.71. The number of quaternary nitrogens is 2. The molecule has 0 saturated carbocycles. The lowest BCUT2D eigenvalue weighted by Gasteiger charge is -2.33. The van der Waals surface area contributed by atoms with Crippen LogP contribution in [0.3, 0.4) is 0 Å². The molecular formula is C20H28N4O2S2+2. The van der Waals surface area contributed by atoms with Gasteiger partial charge in [0.15, 0.2) is 16.6 Å². The fourth-order valence-electron chi connectivity index (χ4n) is 3.77. The molecule has 0 unspecified atom stereocenters. The second-order valence-corrected chi connectivity index (χ2v) is 8.82. The molecule has 0 spiro atoms. The lowest BCUT2D eigenvalue weighted by Crippen LogP contribution is -3.27. The van der Waals surface area contributed by atoms with E-state index < -0.39 is 0 Å². The summed E-state index contributed by atoms with van der Waals surface area (Å²) in [5.41, 5.74) is 1.12. The average Bonchev–Trinajstić information content (AvgIpc) is 3.39. The van der Waals surface area contributed by atoms with Gasteiger partial charge in [-0.2, -0.15) is 0 Å². The first kappa shape index (κ1) is 19.4. The van der Waals surface area contributed by atoms with Crippen molar-refractivity contribution in [2.75, 3.05) is 46.6 Å². The van der Waals surface area contributed by atoms with Gasteiger partial charge in [-0.25, -0.2) is 0 Å². The van der Waals surface area contributed by atoms with Crippen molar-refractivity contribution in [2.24, 2.45) is 0 Å². The number of rotatable bonds is 6. The van der Waals surface area contributed by atoms with Gasteiger partial charge in [0.05, 0.1) is 18.5 Å². The van der Waals surface area contributed by atoms with Crippen LogP contribution in [-0.2, 0) is 6.54 Å². The van der Waals surface area contributed by atoms with Crippen molar-refractivity contribution >= 4 is 28.7 Å². The predicted molar refractivity (Wildman–Crippen MR) is 114 cm³/mol. The van der Waals surface area contributed by atoms with Crippen LogP contribution in [0.5, 0.6) is 11.5 Å². The van der Waals surface area contributed by atoms with E-state index in [9.17, 15) is 0 Å². The highest BCUT2D eigenvalue weighted by atomic mass is 32.1. The second kappa shape index (κ2) is 9.09. The molecule has 1 aromatic carbocycles. The standard InChI is InChI=1S/C20H26N4O2S2/c1-23-6-8-24(9-7-23)16(19-3-2-10-28-19)13-22-20(27)21-12-15-4-5-17-18(11-15)26-14-25-17/h2-5,10-11,16H,6-9,12-14H2,1H3,(H2,21,22,27)/p+2/t16-/m1/s1. The predicted octanol–water partition coefficient (Wildman–Crippen LogP) is -0.405. The van der Waals surface area contributed by atoms with E-state index >= 15 is 0 Å². The second-order valence-electron chi connectivity index (χ2n) is 7.43. The Bertz CT molecular complexity index is 792. The van der Waals surface area contributed by atoms with Gasteiger partial charge in [-0.15, -0.1) is 11.3 Å². The lowest BCUT2D eigenvalue weighted by atomic mass is 10.1. The van der Waals surface area contributed by atoms with Crippen LogP contribution < -0.4 is 29.9 Å². The van der Waals surface area contributed by atoms with Gasteiger partial charge >= 0.3 is 0 Å². The first-order valence-corrected chi connectivity index (χ1v) is 11.1. The Labute approximate surface area is 175 Å². The lowest BCUT2D eigenvalue weighted by molar-refractivity contribution is -1.02. The third-order valence-corrected chi connectivity index (χ3v) is 6.76. The monoisotopic (exact) mass is 420 g/mol. The summed E-state index contributed by atoms with van der Waals surface area (Å²) >= 11 is 7.37. The van der Waals surface area contributed by atoms with E-state index in [4.69, 9.17) is 21.7 Å². The fraction of sp³-hybridized carbons (Fsp3) is 0.450. The Morgan fingerprint density at radius 3 is 2.75 bits per heavy atom. The van der Waals surface area contributed by atoms with Crippen LogP contribution in [0.25, 0.3) is 0 Å². The van der Waals surface area contributed by atoms with E-state index in [0.717, 1.165) is 23.6 Å². The number of nitrogens with one attached hydrogen (secondary N) is 4. The van der Waals surface area contributed by atoms with Gasteiger partial charge in [0.1, 0.15) is 32.2 Å². The molecule has 1 saturated heterocycles. The maximum Gasteiger partial charge on any atom is 0.231 e. The van der Waals surface area contributed by atoms with Crippen molar-refractivity contribution in [3.8, 4) is 11.5 Å². The number of benzene rings is 1. The van der Waals surface area contributed by atoms with Crippen molar-refractivity contribution in [2.45, 2.75) is 12.6 Å². The third-order valence-electron chi connectivity index (χ3n) is 5.48. The van der Waals surface area contributed by atoms with Gasteiger partial charge in [0, 0.05) is 6.54 Å². The molecule has 1 aromatic heterocycles. The summed E-state index contributed by atoms with van der Waals surface area (Å²) in [6.07, 6.45) is 0. The Kier molecular flexibility index (Phi) is 6.31. The van der Waals surface area contributed by atoms with Gasteiger partial charge in [0.2, 0.25) is 6.79 Å². The third kappa shape index (κ3) is 4.75. The number of thiophene rings is 1. The first-order valence-electron chi connectivity index (χ1n) is 9.78. The number of ether oxygens (including phenoxy) is 2. The van der Waals surface area contributed by atoms with Crippen LogP contribution in [0.1, 0.15) is 16.5 Å². The zero-order valence-corrected chi connectivity index (χ0v) is 17.8. The zero-order chi connectivity index (χ0) is 19.3. The SMILES string of the molecule is C[NH+]1CC[NH+]([C@H](CNC(=S)NCc2ccc3c(c2)OCO3)c2cccs2)CC1. The zero-order valence-electron chi connectivity index (χ0n) is 16.1. The highest BCUT2D eigenvalue weighted by molar-refractivity contribution is 7.80. The van der Waals surface area contributed by atoms with Crippen molar-refractivity contribution < 1.29 is 19.3 Å². The van der Waals surface area contributed by atoms with Crippen molar-refractivity contribution in [1.29, 1.82) is 0 Å². The van der Waals surface area contributed by atoms with E-state index in [1.165, 1.54) is 31.1 Å². The van der Waals surface area contributed by atoms with Crippen LogP contribution >= 0.6 is 23.6 Å². The number of thiocarbonyl (C=S) groups is 1. The molecule has 6 nitrogen and oxygen atoms in total. The highest BCUT2D eigenvalue weighted by Gasteiger charge is 2.30. The molecule has 28 heavy (non-hydrogen) atoms. The van der Waals surface area contributed by atoms with Crippen LogP contribution in [0.4, 0.5) is 0 Å². The summed E-state index contributed by atoms with van der Waals surface area (Å²) in [6, 6.07) is 10.8. The molecule has 0 amide bonds. The molecule has 1 atom stereocenters. The van der Waals surface area contributed by atoms with Gasteiger partial charge in [-0.05, 0) is 41.4 Å². The normalized spacial score (nSPS) is 21.9. The number of fused-ring (bicyclic) bond motifs is 1. The Hall–Kier alpha value is -1.87. The molecule has 1 fully saturated rings. The van der Waals surface area contributed by atoms with Gasteiger partial charge < -0.3 is 29.9 Å². The molecule has 4 rings (SSSR count). The molecule has 3 heterocycles. The molecule has 150 valence electrons. The van der Waals surface area contributed by atoms with E-state index in [-0.39, 0.29) is 0 Å². The van der Waals surface area contributed by atoms with Crippen LogP contribution in [0.2, 0.25) is 0 Å². The van der Waals surface area contributed by atoms with Crippen LogP contribution in [0, 0.1) is 0 Å². The summed E-state index contributed by atoms with van der Waals surface area (Å²) in [6.45, 7) is 6.67. The van der Waals surface area contributed by atoms with Gasteiger partial charge in [-0.3, -0.25) is 0 Å². The molecule has 0 aliphatic carbocycles. The number of hydrogen-bond donors (Lipinski definition) is 4. The molecule has 2 aromatic rings. The summed E-state index contributed by atoms with van der Waals surface area (Å²) in [7, 11) is 2.28. The summed E-state index contributed by atoms with van der Waals surface area (Å²) < 4.78 is 10.8. The van der Waals surface area contributed by atoms with Crippen LogP contribution in [-0.4, -0.2) is 51.7 Å². The molecule has 8 heteroatoms. The van der Waals surface area contributed by atoms with Gasteiger partial charge in [-0.1, -0.05) is 12.1 Å². The summed E-state index contributed by atoms with van der Waals surface area (Å²) in [5, 5.41) is 9.62. The molecule has 2 aliphatic rings. The van der Waals surface area contributed by atoms with Crippen LogP contribution in [0.15, 0.2) is 35.7 Å². The highest BCUT2D eigenvalue weighted by Crippen LogP contribution is 2.32. The maximum absolute atomic E-state index is 5.53. The molecule has 0 radical (unpaired) electrons. The molecule has 4 N–H and O–H groups in total. The largest absolute Gasteiger partial charge is 0.454 e. The topological polar surface area (TPSA) is 51.4 Å². The molecule has 2 aliphatic heterocycles. The fourth-order valence-corrected chi connectivity index (χ4v) is 4.81. The van der Waals surface area contributed by atoms with Crippen molar-refractivity contribution in [1.82, 2.24) is 10.6 Å². The average molecular weight is 421 g/mol.